The van der Waals surface area contributed by atoms with E-state index >= 15 is 0 Å². The number of hydrogen-bond donors (Lipinski definition) is 1. The van der Waals surface area contributed by atoms with Crippen molar-refractivity contribution < 1.29 is 13.5 Å². The third-order valence-corrected chi connectivity index (χ3v) is 8.49. The molecule has 106 valence electrons. The lowest BCUT2D eigenvalue weighted by Gasteiger charge is -2.36. The van der Waals surface area contributed by atoms with Gasteiger partial charge < -0.3 is 5.11 Å². The van der Waals surface area contributed by atoms with Crippen LogP contribution >= 0.6 is 23.5 Å². The van der Waals surface area contributed by atoms with Crippen LogP contribution in [0.5, 0.6) is 0 Å². The molecular formula is C12H22O3S3. The second-order valence-electron chi connectivity index (χ2n) is 5.35. The molecule has 0 spiro atoms. The summed E-state index contributed by atoms with van der Waals surface area (Å²) in [6.45, 7) is 0. The molecule has 0 aromatic carbocycles. The fraction of sp³-hybridized carbons (Fsp3) is 1.00. The van der Waals surface area contributed by atoms with Gasteiger partial charge in [-0.1, -0.05) is 6.42 Å². The molecule has 18 heavy (non-hydrogen) atoms. The molecule has 1 saturated carbocycles. The van der Waals surface area contributed by atoms with Crippen molar-refractivity contribution in [3.63, 3.8) is 0 Å². The van der Waals surface area contributed by atoms with Gasteiger partial charge in [-0.25, -0.2) is 8.42 Å². The van der Waals surface area contributed by atoms with Gasteiger partial charge in [-0.2, -0.15) is 23.5 Å². The summed E-state index contributed by atoms with van der Waals surface area (Å²) in [4.78, 5) is 0. The highest BCUT2D eigenvalue weighted by Gasteiger charge is 2.36. The smallest absolute Gasteiger partial charge is 0.150 e. The van der Waals surface area contributed by atoms with E-state index in [9.17, 15) is 13.5 Å². The zero-order valence-corrected chi connectivity index (χ0v) is 13.2. The number of aliphatic hydroxyl groups excluding tert-OH is 1. The molecule has 6 heteroatoms. The minimum Gasteiger partial charge on any atom is -0.392 e. The molecule has 2 fully saturated rings. The van der Waals surface area contributed by atoms with Gasteiger partial charge in [-0.05, 0) is 25.2 Å². The Morgan fingerprint density at radius 3 is 2.67 bits per heavy atom. The predicted molar refractivity (Wildman–Crippen MR) is 80.2 cm³/mol. The molecule has 2 aliphatic rings. The summed E-state index contributed by atoms with van der Waals surface area (Å²) in [5.74, 6) is 3.46. The first-order valence-corrected chi connectivity index (χ1v) is 10.7. The van der Waals surface area contributed by atoms with Crippen molar-refractivity contribution in [2.45, 2.75) is 42.3 Å². The maximum Gasteiger partial charge on any atom is 0.150 e. The number of aliphatic hydroxyl groups is 1. The van der Waals surface area contributed by atoms with Gasteiger partial charge in [0.15, 0.2) is 0 Å². The Morgan fingerprint density at radius 1 is 1.28 bits per heavy atom. The van der Waals surface area contributed by atoms with Crippen LogP contribution < -0.4 is 0 Å². The lowest BCUT2D eigenvalue weighted by Crippen LogP contribution is -2.40. The van der Waals surface area contributed by atoms with Gasteiger partial charge in [0.1, 0.15) is 9.84 Å². The highest BCUT2D eigenvalue weighted by atomic mass is 32.2. The summed E-state index contributed by atoms with van der Waals surface area (Å²) in [6.07, 6.45) is 4.35. The first kappa shape index (κ1) is 15.0. The van der Waals surface area contributed by atoms with Crippen molar-refractivity contribution in [1.82, 2.24) is 0 Å². The fourth-order valence-electron chi connectivity index (χ4n) is 2.89. The highest BCUT2D eigenvalue weighted by Crippen LogP contribution is 2.36. The molecule has 4 atom stereocenters. The molecule has 1 heterocycles. The van der Waals surface area contributed by atoms with Gasteiger partial charge in [0, 0.05) is 28.8 Å². The first-order chi connectivity index (χ1) is 8.48. The molecule has 1 aliphatic carbocycles. The van der Waals surface area contributed by atoms with E-state index in [1.54, 1.807) is 0 Å². The molecule has 1 aliphatic heterocycles. The van der Waals surface area contributed by atoms with Crippen molar-refractivity contribution in [1.29, 1.82) is 0 Å². The Bertz CT molecular complexity index is 363. The van der Waals surface area contributed by atoms with Crippen LogP contribution in [0.2, 0.25) is 0 Å². The van der Waals surface area contributed by atoms with Gasteiger partial charge in [-0.15, -0.1) is 0 Å². The molecule has 0 aromatic rings. The van der Waals surface area contributed by atoms with Gasteiger partial charge in [0.05, 0.1) is 11.4 Å². The number of sulfone groups is 1. The number of hydrogen-bond acceptors (Lipinski definition) is 5. The molecule has 0 amide bonds. The topological polar surface area (TPSA) is 54.4 Å². The van der Waals surface area contributed by atoms with Crippen LogP contribution in [0, 0.1) is 5.92 Å². The largest absolute Gasteiger partial charge is 0.392 e. The van der Waals surface area contributed by atoms with Crippen molar-refractivity contribution in [2.75, 3.05) is 23.5 Å². The second-order valence-corrected chi connectivity index (χ2v) is 10.2. The van der Waals surface area contributed by atoms with Crippen LogP contribution in [-0.2, 0) is 9.84 Å². The molecular weight excluding hydrogens is 288 g/mol. The van der Waals surface area contributed by atoms with Crippen molar-refractivity contribution in [2.24, 2.45) is 5.92 Å². The average Bonchev–Trinajstić information content (AvgIpc) is 2.38. The Kier molecular flexibility index (Phi) is 5.31. The monoisotopic (exact) mass is 310 g/mol. The zero-order chi connectivity index (χ0) is 13.2. The predicted octanol–water partition coefficient (Wildman–Crippen LogP) is 1.80. The quantitative estimate of drug-likeness (QED) is 0.861. The Balaban J connectivity index is 1.95. The standard InChI is InChI=1S/C12H22O3S3/c1-18(14,15)10-4-2-3-9(7-10)12(13)11-8-16-5-6-17-11/h9-13H,2-8H2,1H3. The van der Waals surface area contributed by atoms with Crippen LogP contribution in [0.3, 0.4) is 0 Å². The SMILES string of the molecule is CS(=O)(=O)C1CCCC(C(O)C2CSCCS2)C1. The lowest BCUT2D eigenvalue weighted by atomic mass is 9.84. The minimum atomic E-state index is -2.95. The van der Waals surface area contributed by atoms with Crippen LogP contribution in [0.15, 0.2) is 0 Å². The summed E-state index contributed by atoms with van der Waals surface area (Å²) < 4.78 is 23.3. The minimum absolute atomic E-state index is 0.176. The van der Waals surface area contributed by atoms with Crippen molar-refractivity contribution >= 4 is 33.4 Å². The lowest BCUT2D eigenvalue weighted by molar-refractivity contribution is 0.0879. The van der Waals surface area contributed by atoms with Crippen LogP contribution in [0.1, 0.15) is 25.7 Å². The van der Waals surface area contributed by atoms with Crippen molar-refractivity contribution in [3.05, 3.63) is 0 Å². The van der Waals surface area contributed by atoms with Crippen LogP contribution in [0.25, 0.3) is 0 Å². The van der Waals surface area contributed by atoms with Crippen LogP contribution in [0.4, 0.5) is 0 Å². The van der Waals surface area contributed by atoms with Gasteiger partial charge in [0.25, 0.3) is 0 Å². The van der Waals surface area contributed by atoms with E-state index in [1.807, 2.05) is 23.5 Å². The third-order valence-electron chi connectivity index (χ3n) is 3.98. The molecule has 1 saturated heterocycles. The van der Waals surface area contributed by atoms with E-state index in [0.29, 0.717) is 11.7 Å². The van der Waals surface area contributed by atoms with Gasteiger partial charge in [0.2, 0.25) is 0 Å². The summed E-state index contributed by atoms with van der Waals surface area (Å²) in [5.41, 5.74) is 0. The number of thioether (sulfide) groups is 2. The van der Waals surface area contributed by atoms with Gasteiger partial charge >= 0.3 is 0 Å². The Hall–Kier alpha value is 0.610. The van der Waals surface area contributed by atoms with E-state index in [4.69, 9.17) is 0 Å². The molecule has 2 rings (SSSR count). The fourth-order valence-corrected chi connectivity index (χ4v) is 6.93. The normalized spacial score (nSPS) is 36.2. The third kappa shape index (κ3) is 3.81. The molecule has 3 nitrogen and oxygen atoms in total. The van der Waals surface area contributed by atoms with E-state index in [-0.39, 0.29) is 17.3 Å². The van der Waals surface area contributed by atoms with E-state index in [1.165, 1.54) is 12.0 Å². The molecule has 0 bridgehead atoms. The number of rotatable bonds is 3. The molecule has 0 radical (unpaired) electrons. The van der Waals surface area contributed by atoms with Crippen LogP contribution in [-0.4, -0.2) is 53.6 Å². The zero-order valence-electron chi connectivity index (χ0n) is 10.7. The van der Waals surface area contributed by atoms with Crippen molar-refractivity contribution in [3.8, 4) is 0 Å². The highest BCUT2D eigenvalue weighted by molar-refractivity contribution is 8.06. The maximum absolute atomic E-state index is 11.6. The molecule has 4 unspecified atom stereocenters. The van der Waals surface area contributed by atoms with Gasteiger partial charge in [-0.3, -0.25) is 0 Å². The van der Waals surface area contributed by atoms with E-state index < -0.39 is 9.84 Å². The first-order valence-electron chi connectivity index (χ1n) is 6.55. The molecule has 0 aromatic heterocycles. The summed E-state index contributed by atoms with van der Waals surface area (Å²) >= 11 is 3.76. The van der Waals surface area contributed by atoms with E-state index in [0.717, 1.165) is 30.8 Å². The summed E-state index contributed by atoms with van der Waals surface area (Å²) in [6, 6.07) is 0. The average molecular weight is 311 g/mol. The maximum atomic E-state index is 11.6. The Morgan fingerprint density at radius 2 is 2.06 bits per heavy atom. The summed E-state index contributed by atoms with van der Waals surface area (Å²) in [7, 11) is -2.95. The van der Waals surface area contributed by atoms with E-state index in [2.05, 4.69) is 0 Å². The Labute approximate surface area is 118 Å². The molecule has 1 N–H and O–H groups in total. The summed E-state index contributed by atoms with van der Waals surface area (Å²) in [5, 5.41) is 10.5. The second kappa shape index (κ2) is 6.37.